The summed E-state index contributed by atoms with van der Waals surface area (Å²) in [5.41, 5.74) is 1.40. The minimum Gasteiger partial charge on any atom is -0.469 e. The van der Waals surface area contributed by atoms with Crippen LogP contribution in [0.15, 0.2) is 16.7 Å². The van der Waals surface area contributed by atoms with Crippen molar-refractivity contribution in [1.29, 1.82) is 0 Å². The van der Waals surface area contributed by atoms with Crippen LogP contribution in [-0.4, -0.2) is 6.54 Å². The minimum atomic E-state index is 0.530. The van der Waals surface area contributed by atoms with Gasteiger partial charge in [0.15, 0.2) is 0 Å². The van der Waals surface area contributed by atoms with Crippen LogP contribution in [0.5, 0.6) is 0 Å². The first-order chi connectivity index (χ1) is 7.86. The second kappa shape index (κ2) is 5.53. The quantitative estimate of drug-likeness (QED) is 0.792. The molecule has 0 saturated heterocycles. The molecule has 2 nitrogen and oxygen atoms in total. The molecule has 16 heavy (non-hydrogen) atoms. The lowest BCUT2D eigenvalue weighted by Crippen LogP contribution is -2.33. The van der Waals surface area contributed by atoms with E-state index in [9.17, 15) is 0 Å². The lowest BCUT2D eigenvalue weighted by Gasteiger charge is -2.34. The van der Waals surface area contributed by atoms with Crippen molar-refractivity contribution >= 4 is 0 Å². The molecule has 1 atom stereocenters. The third-order valence-corrected chi connectivity index (χ3v) is 3.67. The van der Waals surface area contributed by atoms with Gasteiger partial charge in [0.05, 0.1) is 6.26 Å². The van der Waals surface area contributed by atoms with Crippen LogP contribution in [0.25, 0.3) is 0 Å². The Kier molecular flexibility index (Phi) is 4.05. The maximum Gasteiger partial charge on any atom is 0.108 e. The second-order valence-corrected chi connectivity index (χ2v) is 4.78. The second-order valence-electron chi connectivity index (χ2n) is 4.78. The number of hydrogen-bond acceptors (Lipinski definition) is 2. The van der Waals surface area contributed by atoms with Gasteiger partial charge in [-0.2, -0.15) is 0 Å². The third kappa shape index (κ3) is 2.32. The van der Waals surface area contributed by atoms with E-state index in [2.05, 4.69) is 25.2 Å². The molecule has 1 aromatic heterocycles. The maximum atomic E-state index is 5.55. The fourth-order valence-electron chi connectivity index (χ4n) is 2.52. The molecule has 1 heterocycles. The molecule has 1 aliphatic carbocycles. The van der Waals surface area contributed by atoms with Crippen molar-refractivity contribution < 1.29 is 4.42 Å². The van der Waals surface area contributed by atoms with Crippen molar-refractivity contribution in [3.05, 3.63) is 23.7 Å². The number of furan rings is 1. The molecule has 0 bridgehead atoms. The van der Waals surface area contributed by atoms with E-state index in [1.807, 2.05) is 6.26 Å². The molecule has 1 fully saturated rings. The molecule has 0 aromatic carbocycles. The predicted octanol–water partition coefficient (Wildman–Crippen LogP) is 3.68. The predicted molar refractivity (Wildman–Crippen MR) is 66.5 cm³/mol. The van der Waals surface area contributed by atoms with Gasteiger partial charge in [0.25, 0.3) is 0 Å². The number of aryl methyl sites for hydroxylation is 1. The average Bonchev–Trinajstić information content (AvgIpc) is 2.69. The SMILES string of the molecule is CCCNC(c1ccoc1CC)C1CCC1. The summed E-state index contributed by atoms with van der Waals surface area (Å²) in [6, 6.07) is 2.69. The van der Waals surface area contributed by atoms with Crippen molar-refractivity contribution in [2.24, 2.45) is 5.92 Å². The molecule has 0 amide bonds. The zero-order chi connectivity index (χ0) is 11.4. The Balaban J connectivity index is 2.10. The van der Waals surface area contributed by atoms with E-state index in [0.717, 1.165) is 18.9 Å². The number of nitrogens with one attached hydrogen (secondary N) is 1. The van der Waals surface area contributed by atoms with Gasteiger partial charge in [-0.05, 0) is 37.8 Å². The van der Waals surface area contributed by atoms with E-state index in [4.69, 9.17) is 4.42 Å². The van der Waals surface area contributed by atoms with Crippen LogP contribution in [0.2, 0.25) is 0 Å². The van der Waals surface area contributed by atoms with Gasteiger partial charge in [0.1, 0.15) is 5.76 Å². The highest BCUT2D eigenvalue weighted by Crippen LogP contribution is 2.39. The van der Waals surface area contributed by atoms with Crippen molar-refractivity contribution in [2.75, 3.05) is 6.54 Å². The van der Waals surface area contributed by atoms with Gasteiger partial charge in [-0.15, -0.1) is 0 Å². The van der Waals surface area contributed by atoms with Crippen molar-refractivity contribution in [3.63, 3.8) is 0 Å². The first-order valence-electron chi connectivity index (χ1n) is 6.66. The number of hydrogen-bond donors (Lipinski definition) is 1. The van der Waals surface area contributed by atoms with Crippen LogP contribution in [0.1, 0.15) is 56.9 Å². The van der Waals surface area contributed by atoms with Gasteiger partial charge in [-0.1, -0.05) is 20.3 Å². The molecule has 2 rings (SSSR count). The summed E-state index contributed by atoms with van der Waals surface area (Å²) in [5.74, 6) is 2.00. The van der Waals surface area contributed by atoms with Crippen LogP contribution in [0.4, 0.5) is 0 Å². The van der Waals surface area contributed by atoms with E-state index < -0.39 is 0 Å². The first-order valence-corrected chi connectivity index (χ1v) is 6.66. The average molecular weight is 221 g/mol. The molecule has 0 spiro atoms. The van der Waals surface area contributed by atoms with Crippen LogP contribution >= 0.6 is 0 Å². The van der Waals surface area contributed by atoms with E-state index in [1.54, 1.807) is 0 Å². The Morgan fingerprint density at radius 1 is 1.44 bits per heavy atom. The van der Waals surface area contributed by atoms with E-state index in [1.165, 1.54) is 37.0 Å². The highest BCUT2D eigenvalue weighted by molar-refractivity contribution is 5.23. The topological polar surface area (TPSA) is 25.2 Å². The van der Waals surface area contributed by atoms with E-state index >= 15 is 0 Å². The van der Waals surface area contributed by atoms with Gasteiger partial charge in [0.2, 0.25) is 0 Å². The summed E-state index contributed by atoms with van der Waals surface area (Å²) >= 11 is 0. The van der Waals surface area contributed by atoms with Gasteiger partial charge in [-0.3, -0.25) is 0 Å². The zero-order valence-electron chi connectivity index (χ0n) is 10.5. The Bertz CT molecular complexity index is 314. The van der Waals surface area contributed by atoms with Crippen molar-refractivity contribution in [2.45, 2.75) is 52.0 Å². The van der Waals surface area contributed by atoms with Crippen molar-refractivity contribution in [3.8, 4) is 0 Å². The molecule has 0 radical (unpaired) electrons. The third-order valence-electron chi connectivity index (χ3n) is 3.67. The molecule has 2 heteroatoms. The Morgan fingerprint density at radius 3 is 2.81 bits per heavy atom. The smallest absolute Gasteiger partial charge is 0.108 e. The fraction of sp³-hybridized carbons (Fsp3) is 0.714. The molecule has 1 aromatic rings. The molecule has 90 valence electrons. The van der Waals surface area contributed by atoms with Gasteiger partial charge in [0, 0.05) is 18.0 Å². The molecular formula is C14H23NO. The highest BCUT2D eigenvalue weighted by Gasteiger charge is 2.30. The lowest BCUT2D eigenvalue weighted by molar-refractivity contribution is 0.229. The molecule has 1 saturated carbocycles. The first kappa shape index (κ1) is 11.7. The summed E-state index contributed by atoms with van der Waals surface area (Å²) in [7, 11) is 0. The molecular weight excluding hydrogens is 198 g/mol. The fourth-order valence-corrected chi connectivity index (χ4v) is 2.52. The highest BCUT2D eigenvalue weighted by atomic mass is 16.3. The molecule has 1 unspecified atom stereocenters. The van der Waals surface area contributed by atoms with Crippen LogP contribution < -0.4 is 5.32 Å². The summed E-state index contributed by atoms with van der Waals surface area (Å²) in [6.07, 6.45) is 8.18. The molecule has 1 aliphatic rings. The zero-order valence-corrected chi connectivity index (χ0v) is 10.5. The minimum absolute atomic E-state index is 0.530. The summed E-state index contributed by atoms with van der Waals surface area (Å²) in [4.78, 5) is 0. The van der Waals surface area contributed by atoms with Gasteiger partial charge in [-0.25, -0.2) is 0 Å². The van der Waals surface area contributed by atoms with Crippen molar-refractivity contribution in [1.82, 2.24) is 5.32 Å². The van der Waals surface area contributed by atoms with Gasteiger partial charge < -0.3 is 9.73 Å². The largest absolute Gasteiger partial charge is 0.469 e. The standard InChI is InChI=1S/C14H23NO/c1-3-9-15-14(11-6-5-7-11)12-8-10-16-13(12)4-2/h8,10-11,14-15H,3-7,9H2,1-2H3. The maximum absolute atomic E-state index is 5.55. The summed E-state index contributed by atoms with van der Waals surface area (Å²) in [5, 5.41) is 3.69. The van der Waals surface area contributed by atoms with Crippen LogP contribution in [0, 0.1) is 5.92 Å². The van der Waals surface area contributed by atoms with Gasteiger partial charge >= 0.3 is 0 Å². The number of rotatable bonds is 6. The Labute approximate surface area is 98.4 Å². The monoisotopic (exact) mass is 221 g/mol. The molecule has 0 aliphatic heterocycles. The van der Waals surface area contributed by atoms with E-state index in [0.29, 0.717) is 6.04 Å². The Morgan fingerprint density at radius 2 is 2.25 bits per heavy atom. The van der Waals surface area contributed by atoms with Crippen LogP contribution in [-0.2, 0) is 6.42 Å². The lowest BCUT2D eigenvalue weighted by atomic mass is 9.77. The normalized spacial score (nSPS) is 18.4. The summed E-state index contributed by atoms with van der Waals surface area (Å²) < 4.78 is 5.55. The summed E-state index contributed by atoms with van der Waals surface area (Å²) in [6.45, 7) is 5.50. The van der Waals surface area contributed by atoms with Crippen LogP contribution in [0.3, 0.4) is 0 Å². The molecule has 1 N–H and O–H groups in total. The van der Waals surface area contributed by atoms with E-state index in [-0.39, 0.29) is 0 Å². The Hall–Kier alpha value is -0.760.